The summed E-state index contributed by atoms with van der Waals surface area (Å²) in [5.41, 5.74) is 1.36. The van der Waals surface area contributed by atoms with E-state index >= 15 is 0 Å². The Morgan fingerprint density at radius 2 is 2.00 bits per heavy atom. The predicted octanol–water partition coefficient (Wildman–Crippen LogP) is 4.42. The van der Waals surface area contributed by atoms with Crippen LogP contribution in [0.3, 0.4) is 0 Å². The predicted molar refractivity (Wildman–Crippen MR) is 121 cm³/mol. The molecule has 2 aromatic carbocycles. The molecule has 2 amide bonds. The van der Waals surface area contributed by atoms with E-state index in [2.05, 4.69) is 17.9 Å². The van der Waals surface area contributed by atoms with E-state index in [1.807, 2.05) is 31.2 Å². The van der Waals surface area contributed by atoms with Gasteiger partial charge in [0.05, 0.1) is 10.9 Å². The summed E-state index contributed by atoms with van der Waals surface area (Å²) in [6, 6.07) is 12.0. The Labute approximate surface area is 189 Å². The first-order valence-electron chi connectivity index (χ1n) is 9.80. The summed E-state index contributed by atoms with van der Waals surface area (Å²) >= 11 is 5.42. The summed E-state index contributed by atoms with van der Waals surface area (Å²) in [5, 5.41) is 2.63. The van der Waals surface area contributed by atoms with Crippen molar-refractivity contribution in [2.45, 2.75) is 24.1 Å². The topological polar surface area (TPSA) is 67.9 Å². The van der Waals surface area contributed by atoms with Gasteiger partial charge in [-0.15, -0.1) is 12.6 Å². The summed E-state index contributed by atoms with van der Waals surface area (Å²) in [5.74, 6) is 0.183. The third-order valence-electron chi connectivity index (χ3n) is 5.02. The van der Waals surface area contributed by atoms with Crippen molar-refractivity contribution in [2.75, 3.05) is 13.2 Å². The number of nitrogens with one attached hydrogen (secondary N) is 1. The molecule has 2 aromatic rings. The van der Waals surface area contributed by atoms with Crippen molar-refractivity contribution in [2.24, 2.45) is 0 Å². The molecule has 2 fully saturated rings. The fourth-order valence-corrected chi connectivity index (χ4v) is 4.69. The maximum atomic E-state index is 14.5. The number of cyclic esters (lactones) is 1. The van der Waals surface area contributed by atoms with E-state index in [0.29, 0.717) is 41.5 Å². The molecule has 1 N–H and O–H groups in total. The minimum absolute atomic E-state index is 0.0259. The number of ether oxygens (including phenoxy) is 2. The lowest BCUT2D eigenvalue weighted by Gasteiger charge is -2.19. The second-order valence-corrected chi connectivity index (χ2v) is 9.12. The molecule has 0 aromatic heterocycles. The summed E-state index contributed by atoms with van der Waals surface area (Å²) in [7, 11) is 0. The van der Waals surface area contributed by atoms with E-state index in [0.717, 1.165) is 5.56 Å². The van der Waals surface area contributed by atoms with Gasteiger partial charge in [0.25, 0.3) is 5.91 Å². The molecule has 0 spiro atoms. The Morgan fingerprint density at radius 1 is 1.26 bits per heavy atom. The molecule has 9 heteroatoms. The lowest BCUT2D eigenvalue weighted by molar-refractivity contribution is -0.116. The molecule has 0 saturated carbocycles. The molecule has 2 atom stereocenters. The molecule has 0 bridgehead atoms. The first kappa shape index (κ1) is 21.6. The van der Waals surface area contributed by atoms with E-state index in [-0.39, 0.29) is 22.7 Å². The number of thiol groups is 1. The molecule has 162 valence electrons. The standard InChI is InChI=1S/C22H21FN2O4S2/c1-2-25-15(12-28-22(25)27)9-13-3-6-16(7-4-13)29-17-8-5-14(18(23)11-17)10-19-20(26)24-21(30)31-19/h3-8,10-11,15,21,30H,2,9,12H2,1H3,(H,24,26)/b19-10+. The third kappa shape index (κ3) is 4.99. The number of halogens is 1. The van der Waals surface area contributed by atoms with Crippen LogP contribution in [0.25, 0.3) is 6.08 Å². The van der Waals surface area contributed by atoms with Crippen molar-refractivity contribution in [3.63, 3.8) is 0 Å². The number of carbonyl (C=O) groups is 2. The molecule has 31 heavy (non-hydrogen) atoms. The number of carbonyl (C=O) groups excluding carboxylic acids is 2. The quantitative estimate of drug-likeness (QED) is 0.494. The smallest absolute Gasteiger partial charge is 0.410 e. The van der Waals surface area contributed by atoms with Crippen LogP contribution in [-0.4, -0.2) is 40.8 Å². The molecule has 6 nitrogen and oxygen atoms in total. The molecule has 2 aliphatic heterocycles. The van der Waals surface area contributed by atoms with Crippen LogP contribution in [0.5, 0.6) is 11.5 Å². The Balaban J connectivity index is 1.40. The zero-order chi connectivity index (χ0) is 22.0. The minimum Gasteiger partial charge on any atom is -0.457 e. The van der Waals surface area contributed by atoms with Crippen LogP contribution < -0.4 is 10.1 Å². The van der Waals surface area contributed by atoms with Crippen molar-refractivity contribution in [1.29, 1.82) is 0 Å². The fourth-order valence-electron chi connectivity index (χ4n) is 3.46. The van der Waals surface area contributed by atoms with Crippen molar-refractivity contribution in [1.82, 2.24) is 10.2 Å². The van der Waals surface area contributed by atoms with Gasteiger partial charge in [-0.3, -0.25) is 4.79 Å². The normalized spacial score (nSPS) is 22.0. The molecular formula is C22H21FN2O4S2. The van der Waals surface area contributed by atoms with Gasteiger partial charge in [0.1, 0.15) is 28.6 Å². The zero-order valence-electron chi connectivity index (χ0n) is 16.7. The Morgan fingerprint density at radius 3 is 2.65 bits per heavy atom. The largest absolute Gasteiger partial charge is 0.457 e. The number of hydrogen-bond donors (Lipinski definition) is 2. The average Bonchev–Trinajstić information content (AvgIpc) is 3.25. The first-order valence-corrected chi connectivity index (χ1v) is 11.2. The summed E-state index contributed by atoms with van der Waals surface area (Å²) in [6.45, 7) is 2.93. The third-order valence-corrected chi connectivity index (χ3v) is 6.36. The Kier molecular flexibility index (Phi) is 6.43. The van der Waals surface area contributed by atoms with Gasteiger partial charge in [0.15, 0.2) is 0 Å². The van der Waals surface area contributed by atoms with Gasteiger partial charge in [-0.1, -0.05) is 23.9 Å². The van der Waals surface area contributed by atoms with Crippen LogP contribution in [0, 0.1) is 5.82 Å². The Hall–Kier alpha value is -2.65. The number of nitrogens with zero attached hydrogens (tertiary/aromatic N) is 1. The Bertz CT molecular complexity index is 1030. The molecule has 4 rings (SSSR count). The minimum atomic E-state index is -0.483. The van der Waals surface area contributed by atoms with Crippen LogP contribution in [0.1, 0.15) is 18.1 Å². The van der Waals surface area contributed by atoms with Gasteiger partial charge in [-0.05, 0) is 49.2 Å². The van der Waals surface area contributed by atoms with Crippen LogP contribution in [0.4, 0.5) is 9.18 Å². The van der Waals surface area contributed by atoms with Crippen LogP contribution in [-0.2, 0) is 16.0 Å². The monoisotopic (exact) mass is 460 g/mol. The van der Waals surface area contributed by atoms with Crippen LogP contribution >= 0.6 is 24.4 Å². The van der Waals surface area contributed by atoms with E-state index in [9.17, 15) is 14.0 Å². The van der Waals surface area contributed by atoms with Gasteiger partial charge >= 0.3 is 6.09 Å². The number of benzene rings is 2. The van der Waals surface area contributed by atoms with E-state index in [1.165, 1.54) is 23.9 Å². The van der Waals surface area contributed by atoms with Crippen molar-refractivity contribution < 1.29 is 23.5 Å². The van der Waals surface area contributed by atoms with Crippen molar-refractivity contribution in [3.8, 4) is 11.5 Å². The number of thioether (sulfide) groups is 1. The summed E-state index contributed by atoms with van der Waals surface area (Å²) < 4.78 is 25.0. The second-order valence-electron chi connectivity index (χ2n) is 7.10. The number of likely N-dealkylation sites (N-methyl/N-ethyl adjacent to an activating group) is 1. The molecule has 2 unspecified atom stereocenters. The molecular weight excluding hydrogens is 439 g/mol. The molecule has 2 saturated heterocycles. The maximum absolute atomic E-state index is 14.5. The van der Waals surface area contributed by atoms with E-state index in [4.69, 9.17) is 9.47 Å². The van der Waals surface area contributed by atoms with Gasteiger partial charge in [-0.25, -0.2) is 9.18 Å². The van der Waals surface area contributed by atoms with Gasteiger partial charge in [-0.2, -0.15) is 0 Å². The first-order chi connectivity index (χ1) is 14.9. The number of amides is 2. The lowest BCUT2D eigenvalue weighted by atomic mass is 10.1. The maximum Gasteiger partial charge on any atom is 0.410 e. The zero-order valence-corrected chi connectivity index (χ0v) is 18.4. The molecule has 0 radical (unpaired) electrons. The molecule has 2 heterocycles. The van der Waals surface area contributed by atoms with Crippen LogP contribution in [0.15, 0.2) is 47.4 Å². The van der Waals surface area contributed by atoms with Crippen molar-refractivity contribution >= 4 is 42.5 Å². The fraction of sp³-hybridized carbons (Fsp3) is 0.273. The van der Waals surface area contributed by atoms with Crippen LogP contribution in [0.2, 0.25) is 0 Å². The molecule has 2 aliphatic rings. The molecule has 0 aliphatic carbocycles. The average molecular weight is 461 g/mol. The number of hydrogen-bond acceptors (Lipinski definition) is 6. The van der Waals surface area contributed by atoms with Gasteiger partial charge in [0, 0.05) is 18.2 Å². The summed E-state index contributed by atoms with van der Waals surface area (Å²) in [6.07, 6.45) is 1.92. The number of rotatable bonds is 6. The lowest BCUT2D eigenvalue weighted by Crippen LogP contribution is -2.34. The van der Waals surface area contributed by atoms with Gasteiger partial charge in [0.2, 0.25) is 0 Å². The van der Waals surface area contributed by atoms with E-state index < -0.39 is 5.82 Å². The van der Waals surface area contributed by atoms with Gasteiger partial charge < -0.3 is 19.7 Å². The van der Waals surface area contributed by atoms with Crippen molar-refractivity contribution in [3.05, 3.63) is 64.3 Å². The highest BCUT2D eigenvalue weighted by Crippen LogP contribution is 2.32. The summed E-state index contributed by atoms with van der Waals surface area (Å²) in [4.78, 5) is 25.6. The highest BCUT2D eigenvalue weighted by atomic mass is 32.2. The highest BCUT2D eigenvalue weighted by Gasteiger charge is 2.31. The SMILES string of the molecule is CCN1C(=O)OCC1Cc1ccc(Oc2ccc(/C=C3/SC(S)NC3=O)c(F)c2)cc1. The van der Waals surface area contributed by atoms with E-state index in [1.54, 1.807) is 17.0 Å². The highest BCUT2D eigenvalue weighted by molar-refractivity contribution is 8.14. The second kappa shape index (κ2) is 9.23.